The van der Waals surface area contributed by atoms with E-state index in [2.05, 4.69) is 36.3 Å². The molecule has 0 saturated heterocycles. The Kier molecular flexibility index (Phi) is 2.35. The third-order valence-corrected chi connectivity index (χ3v) is 3.36. The van der Waals surface area contributed by atoms with E-state index in [0.29, 0.717) is 11.6 Å². The summed E-state index contributed by atoms with van der Waals surface area (Å²) in [7, 11) is 0. The lowest BCUT2D eigenvalue weighted by molar-refractivity contribution is 0.189. The Bertz CT molecular complexity index is 312. The van der Waals surface area contributed by atoms with Crippen LogP contribution in [0.4, 0.5) is 0 Å². The molecule has 1 heterocycles. The first-order valence-electron chi connectivity index (χ1n) is 5.38. The summed E-state index contributed by atoms with van der Waals surface area (Å²) in [4.78, 5) is 0. The van der Waals surface area contributed by atoms with Crippen LogP contribution in [0.1, 0.15) is 50.4 Å². The van der Waals surface area contributed by atoms with Crippen LogP contribution in [-0.4, -0.2) is 15.7 Å². The van der Waals surface area contributed by atoms with Crippen LogP contribution in [0.15, 0.2) is 6.20 Å². The van der Waals surface area contributed by atoms with Crippen LogP contribution >= 0.6 is 0 Å². The molecule has 1 fully saturated rings. The summed E-state index contributed by atoms with van der Waals surface area (Å²) >= 11 is 0. The standard InChI is InChI=1S/C11H19N3/c1-8(10-7-12-14-9(10)2)13-11(3)5-4-6-11/h7-8,13H,4-6H2,1-3H3,(H,12,14). The van der Waals surface area contributed by atoms with Crippen LogP contribution < -0.4 is 5.32 Å². The van der Waals surface area contributed by atoms with E-state index in [1.807, 2.05) is 6.20 Å². The smallest absolute Gasteiger partial charge is 0.0537 e. The van der Waals surface area contributed by atoms with E-state index >= 15 is 0 Å². The predicted octanol–water partition coefficient (Wildman–Crippen LogP) is 2.31. The first kappa shape index (κ1) is 9.71. The van der Waals surface area contributed by atoms with Crippen molar-refractivity contribution in [1.82, 2.24) is 15.5 Å². The zero-order valence-corrected chi connectivity index (χ0v) is 9.22. The third-order valence-electron chi connectivity index (χ3n) is 3.36. The second kappa shape index (κ2) is 3.39. The van der Waals surface area contributed by atoms with Crippen LogP contribution in [0, 0.1) is 6.92 Å². The van der Waals surface area contributed by atoms with E-state index in [4.69, 9.17) is 0 Å². The average molecular weight is 193 g/mol. The quantitative estimate of drug-likeness (QED) is 0.773. The molecule has 0 radical (unpaired) electrons. The van der Waals surface area contributed by atoms with Gasteiger partial charge >= 0.3 is 0 Å². The Morgan fingerprint density at radius 3 is 2.71 bits per heavy atom. The average Bonchev–Trinajstić information content (AvgIpc) is 2.48. The molecule has 2 rings (SSSR count). The van der Waals surface area contributed by atoms with E-state index in [-0.39, 0.29) is 0 Å². The largest absolute Gasteiger partial charge is 0.305 e. The number of H-pyrrole nitrogens is 1. The molecule has 0 amide bonds. The summed E-state index contributed by atoms with van der Waals surface area (Å²) in [6.07, 6.45) is 5.89. The van der Waals surface area contributed by atoms with Crippen molar-refractivity contribution in [3.63, 3.8) is 0 Å². The SMILES string of the molecule is Cc1[nH]ncc1C(C)NC1(C)CCC1. The van der Waals surface area contributed by atoms with Gasteiger partial charge in [0.25, 0.3) is 0 Å². The maximum absolute atomic E-state index is 4.05. The van der Waals surface area contributed by atoms with Crippen molar-refractivity contribution in [2.24, 2.45) is 0 Å². The van der Waals surface area contributed by atoms with E-state index in [1.54, 1.807) is 0 Å². The summed E-state index contributed by atoms with van der Waals surface area (Å²) in [5.41, 5.74) is 2.83. The van der Waals surface area contributed by atoms with Gasteiger partial charge in [-0.15, -0.1) is 0 Å². The fraction of sp³-hybridized carbons (Fsp3) is 0.727. The van der Waals surface area contributed by atoms with Gasteiger partial charge in [-0.1, -0.05) is 0 Å². The van der Waals surface area contributed by atoms with Crippen molar-refractivity contribution in [3.05, 3.63) is 17.5 Å². The van der Waals surface area contributed by atoms with Gasteiger partial charge in [0.2, 0.25) is 0 Å². The van der Waals surface area contributed by atoms with Gasteiger partial charge in [-0.2, -0.15) is 5.10 Å². The molecule has 0 aromatic carbocycles. The second-order valence-electron chi connectivity index (χ2n) is 4.73. The molecule has 1 aromatic rings. The summed E-state index contributed by atoms with van der Waals surface area (Å²) in [6, 6.07) is 0.402. The number of hydrogen-bond acceptors (Lipinski definition) is 2. The fourth-order valence-electron chi connectivity index (χ4n) is 2.25. The van der Waals surface area contributed by atoms with E-state index in [0.717, 1.165) is 0 Å². The highest BCUT2D eigenvalue weighted by Gasteiger charge is 2.33. The fourth-order valence-corrected chi connectivity index (χ4v) is 2.25. The first-order valence-corrected chi connectivity index (χ1v) is 5.38. The highest BCUT2D eigenvalue weighted by Crippen LogP contribution is 2.33. The lowest BCUT2D eigenvalue weighted by Crippen LogP contribution is -2.49. The van der Waals surface area contributed by atoms with Crippen molar-refractivity contribution in [2.45, 2.75) is 51.6 Å². The van der Waals surface area contributed by atoms with Crippen LogP contribution in [-0.2, 0) is 0 Å². The van der Waals surface area contributed by atoms with Gasteiger partial charge < -0.3 is 5.32 Å². The molecular weight excluding hydrogens is 174 g/mol. The Hall–Kier alpha value is -0.830. The molecule has 1 aliphatic rings. The molecule has 0 bridgehead atoms. The van der Waals surface area contributed by atoms with Crippen molar-refractivity contribution in [1.29, 1.82) is 0 Å². The normalized spacial score (nSPS) is 21.6. The van der Waals surface area contributed by atoms with Crippen LogP contribution in [0.3, 0.4) is 0 Å². The Morgan fingerprint density at radius 2 is 2.29 bits per heavy atom. The highest BCUT2D eigenvalue weighted by atomic mass is 15.1. The third kappa shape index (κ3) is 1.69. The van der Waals surface area contributed by atoms with Crippen LogP contribution in [0.5, 0.6) is 0 Å². The molecule has 3 nitrogen and oxygen atoms in total. The number of nitrogens with zero attached hydrogens (tertiary/aromatic N) is 1. The Morgan fingerprint density at radius 1 is 1.57 bits per heavy atom. The zero-order valence-electron chi connectivity index (χ0n) is 9.22. The minimum Gasteiger partial charge on any atom is -0.305 e. The molecule has 2 N–H and O–H groups in total. The summed E-state index contributed by atoms with van der Waals surface area (Å²) in [6.45, 7) is 6.59. The van der Waals surface area contributed by atoms with Crippen molar-refractivity contribution in [2.75, 3.05) is 0 Å². The van der Waals surface area contributed by atoms with Gasteiger partial charge in [0.1, 0.15) is 0 Å². The minimum absolute atomic E-state index is 0.364. The molecular formula is C11H19N3. The molecule has 1 aliphatic carbocycles. The van der Waals surface area contributed by atoms with Crippen molar-refractivity contribution >= 4 is 0 Å². The summed E-state index contributed by atoms with van der Waals surface area (Å²) < 4.78 is 0. The molecule has 1 unspecified atom stereocenters. The topological polar surface area (TPSA) is 40.7 Å². The Balaban J connectivity index is 2.02. The van der Waals surface area contributed by atoms with Crippen molar-refractivity contribution in [3.8, 4) is 0 Å². The summed E-state index contributed by atoms with van der Waals surface area (Å²) in [5, 5.41) is 10.7. The monoisotopic (exact) mass is 193 g/mol. The molecule has 0 aliphatic heterocycles. The van der Waals surface area contributed by atoms with Crippen LogP contribution in [0.2, 0.25) is 0 Å². The van der Waals surface area contributed by atoms with Gasteiger partial charge in [-0.25, -0.2) is 0 Å². The molecule has 1 aromatic heterocycles. The number of aromatic amines is 1. The van der Waals surface area contributed by atoms with Crippen molar-refractivity contribution < 1.29 is 0 Å². The maximum Gasteiger partial charge on any atom is 0.0537 e. The molecule has 14 heavy (non-hydrogen) atoms. The lowest BCUT2D eigenvalue weighted by Gasteiger charge is -2.41. The number of aryl methyl sites for hydroxylation is 1. The number of nitrogens with one attached hydrogen (secondary N) is 2. The molecule has 1 saturated carbocycles. The van der Waals surface area contributed by atoms with E-state index in [1.165, 1.54) is 30.5 Å². The van der Waals surface area contributed by atoms with Gasteiger partial charge in [0.05, 0.1) is 6.20 Å². The minimum atomic E-state index is 0.364. The molecule has 0 spiro atoms. The molecule has 78 valence electrons. The predicted molar refractivity (Wildman–Crippen MR) is 57.1 cm³/mol. The molecule has 1 atom stereocenters. The van der Waals surface area contributed by atoms with Crippen LogP contribution in [0.25, 0.3) is 0 Å². The van der Waals surface area contributed by atoms with Gasteiger partial charge in [0, 0.05) is 22.8 Å². The lowest BCUT2D eigenvalue weighted by atomic mass is 9.78. The van der Waals surface area contributed by atoms with Gasteiger partial charge in [0.15, 0.2) is 0 Å². The highest BCUT2D eigenvalue weighted by molar-refractivity contribution is 5.19. The maximum atomic E-state index is 4.05. The number of hydrogen-bond donors (Lipinski definition) is 2. The van der Waals surface area contributed by atoms with E-state index in [9.17, 15) is 0 Å². The molecule has 3 heteroatoms. The van der Waals surface area contributed by atoms with Gasteiger partial charge in [-0.05, 0) is 40.0 Å². The van der Waals surface area contributed by atoms with E-state index < -0.39 is 0 Å². The number of rotatable bonds is 3. The number of aromatic nitrogens is 2. The second-order valence-corrected chi connectivity index (χ2v) is 4.73. The summed E-state index contributed by atoms with van der Waals surface area (Å²) in [5.74, 6) is 0. The zero-order chi connectivity index (χ0) is 10.2. The van der Waals surface area contributed by atoms with Gasteiger partial charge in [-0.3, -0.25) is 5.10 Å². The first-order chi connectivity index (χ1) is 6.61. The Labute approximate surface area is 85.3 Å².